The topological polar surface area (TPSA) is 29.1 Å². The molecule has 0 aromatic carbocycles. The van der Waals surface area contributed by atoms with Crippen LogP contribution in [-0.4, -0.2) is 17.9 Å². The van der Waals surface area contributed by atoms with Crippen molar-refractivity contribution in [3.05, 3.63) is 0 Å². The number of halogens is 2. The van der Waals surface area contributed by atoms with Crippen molar-refractivity contribution >= 4 is 5.91 Å². The standard InChI is InChI=1S/C9H15F2NO/c1-6-3-4-7(5-6)12-8(13)9(2,10)11/h6-7H,3-5H2,1-2H3,(H,12,13). The van der Waals surface area contributed by atoms with E-state index in [4.69, 9.17) is 0 Å². The Kier molecular flexibility index (Phi) is 2.88. The lowest BCUT2D eigenvalue weighted by molar-refractivity contribution is -0.143. The summed E-state index contributed by atoms with van der Waals surface area (Å²) in [6.45, 7) is 2.69. The molecule has 2 nitrogen and oxygen atoms in total. The summed E-state index contributed by atoms with van der Waals surface area (Å²) in [4.78, 5) is 10.9. The van der Waals surface area contributed by atoms with Gasteiger partial charge in [0.05, 0.1) is 0 Å². The normalized spacial score (nSPS) is 28.9. The third-order valence-corrected chi connectivity index (χ3v) is 2.43. The first kappa shape index (κ1) is 10.4. The van der Waals surface area contributed by atoms with Crippen LogP contribution in [0.2, 0.25) is 0 Å². The molecule has 0 saturated heterocycles. The van der Waals surface area contributed by atoms with Crippen LogP contribution in [0, 0.1) is 5.92 Å². The second kappa shape index (κ2) is 3.60. The Morgan fingerprint density at radius 3 is 2.46 bits per heavy atom. The second-order valence-electron chi connectivity index (χ2n) is 3.98. The molecular weight excluding hydrogens is 176 g/mol. The molecule has 2 atom stereocenters. The van der Waals surface area contributed by atoms with Gasteiger partial charge in [0.1, 0.15) is 0 Å². The molecule has 1 saturated carbocycles. The van der Waals surface area contributed by atoms with E-state index < -0.39 is 11.8 Å². The van der Waals surface area contributed by atoms with Crippen molar-refractivity contribution in [2.45, 2.75) is 45.1 Å². The van der Waals surface area contributed by atoms with Gasteiger partial charge >= 0.3 is 5.92 Å². The van der Waals surface area contributed by atoms with E-state index in [9.17, 15) is 13.6 Å². The summed E-state index contributed by atoms with van der Waals surface area (Å²) in [6, 6.07) is -0.0478. The molecule has 2 unspecified atom stereocenters. The van der Waals surface area contributed by atoms with Crippen molar-refractivity contribution in [3.63, 3.8) is 0 Å². The van der Waals surface area contributed by atoms with Crippen LogP contribution in [-0.2, 0) is 4.79 Å². The number of amides is 1. The maximum absolute atomic E-state index is 12.5. The number of alkyl halides is 2. The highest BCUT2D eigenvalue weighted by atomic mass is 19.3. The van der Waals surface area contributed by atoms with Crippen LogP contribution in [0.3, 0.4) is 0 Å². The average molecular weight is 191 g/mol. The van der Waals surface area contributed by atoms with Gasteiger partial charge in [-0.2, -0.15) is 8.78 Å². The van der Waals surface area contributed by atoms with Gasteiger partial charge in [-0.05, 0) is 25.2 Å². The predicted octanol–water partition coefficient (Wildman–Crippen LogP) is 1.95. The number of carbonyl (C=O) groups is 1. The fourth-order valence-electron chi connectivity index (χ4n) is 1.65. The van der Waals surface area contributed by atoms with E-state index in [1.165, 1.54) is 0 Å². The van der Waals surface area contributed by atoms with Crippen molar-refractivity contribution in [2.24, 2.45) is 5.92 Å². The number of hydrogen-bond acceptors (Lipinski definition) is 1. The fourth-order valence-corrected chi connectivity index (χ4v) is 1.65. The Bertz CT molecular complexity index is 200. The van der Waals surface area contributed by atoms with Crippen molar-refractivity contribution in [3.8, 4) is 0 Å². The Balaban J connectivity index is 2.37. The molecule has 1 aliphatic rings. The van der Waals surface area contributed by atoms with Gasteiger partial charge in [0, 0.05) is 13.0 Å². The highest BCUT2D eigenvalue weighted by Gasteiger charge is 2.34. The molecule has 0 heterocycles. The highest BCUT2D eigenvalue weighted by Crippen LogP contribution is 2.25. The van der Waals surface area contributed by atoms with Crippen LogP contribution in [0.25, 0.3) is 0 Å². The summed E-state index contributed by atoms with van der Waals surface area (Å²) in [7, 11) is 0. The summed E-state index contributed by atoms with van der Waals surface area (Å²) in [5.74, 6) is -3.85. The SMILES string of the molecule is CC1CCC(NC(=O)C(C)(F)F)C1. The van der Waals surface area contributed by atoms with Crippen LogP contribution < -0.4 is 5.32 Å². The molecule has 0 spiro atoms. The van der Waals surface area contributed by atoms with E-state index in [0.717, 1.165) is 19.3 Å². The summed E-state index contributed by atoms with van der Waals surface area (Å²) >= 11 is 0. The van der Waals surface area contributed by atoms with Gasteiger partial charge in [-0.15, -0.1) is 0 Å². The number of carbonyl (C=O) groups excluding carboxylic acids is 1. The van der Waals surface area contributed by atoms with Crippen LogP contribution in [0.1, 0.15) is 33.1 Å². The number of hydrogen-bond donors (Lipinski definition) is 1. The molecule has 0 aliphatic heterocycles. The lowest BCUT2D eigenvalue weighted by Gasteiger charge is -2.15. The lowest BCUT2D eigenvalue weighted by atomic mass is 10.1. The van der Waals surface area contributed by atoms with Gasteiger partial charge < -0.3 is 5.32 Å². The molecule has 4 heteroatoms. The van der Waals surface area contributed by atoms with E-state index in [-0.39, 0.29) is 6.04 Å². The molecule has 1 aliphatic carbocycles. The van der Waals surface area contributed by atoms with Crippen LogP contribution >= 0.6 is 0 Å². The third-order valence-electron chi connectivity index (χ3n) is 2.43. The van der Waals surface area contributed by atoms with E-state index in [1.54, 1.807) is 0 Å². The summed E-state index contributed by atoms with van der Waals surface area (Å²) in [6.07, 6.45) is 2.66. The van der Waals surface area contributed by atoms with Gasteiger partial charge in [-0.1, -0.05) is 6.92 Å². The maximum Gasteiger partial charge on any atom is 0.321 e. The molecular formula is C9H15F2NO. The molecule has 1 amide bonds. The average Bonchev–Trinajstić information content (AvgIpc) is 2.33. The maximum atomic E-state index is 12.5. The fraction of sp³-hybridized carbons (Fsp3) is 0.889. The van der Waals surface area contributed by atoms with E-state index >= 15 is 0 Å². The second-order valence-corrected chi connectivity index (χ2v) is 3.98. The summed E-state index contributed by atoms with van der Waals surface area (Å²) in [5, 5.41) is 2.36. The van der Waals surface area contributed by atoms with Gasteiger partial charge in [0.25, 0.3) is 5.91 Å². The van der Waals surface area contributed by atoms with Crippen molar-refractivity contribution in [2.75, 3.05) is 0 Å². The zero-order chi connectivity index (χ0) is 10.1. The molecule has 1 N–H and O–H groups in total. The first-order chi connectivity index (χ1) is 5.89. The van der Waals surface area contributed by atoms with Crippen LogP contribution in [0.4, 0.5) is 8.78 Å². The first-order valence-electron chi connectivity index (χ1n) is 4.58. The van der Waals surface area contributed by atoms with E-state index in [1.807, 2.05) is 0 Å². The summed E-state index contributed by atoms with van der Waals surface area (Å²) < 4.78 is 24.9. The third kappa shape index (κ3) is 2.94. The quantitative estimate of drug-likeness (QED) is 0.710. The van der Waals surface area contributed by atoms with Crippen LogP contribution in [0.5, 0.6) is 0 Å². The molecule has 1 rings (SSSR count). The van der Waals surface area contributed by atoms with Gasteiger partial charge in [-0.3, -0.25) is 4.79 Å². The van der Waals surface area contributed by atoms with Crippen molar-refractivity contribution < 1.29 is 13.6 Å². The minimum atomic E-state index is -3.24. The molecule has 76 valence electrons. The lowest BCUT2D eigenvalue weighted by Crippen LogP contribution is -2.42. The predicted molar refractivity (Wildman–Crippen MR) is 45.6 cm³/mol. The minimum absolute atomic E-state index is 0.0478. The largest absolute Gasteiger partial charge is 0.348 e. The smallest absolute Gasteiger partial charge is 0.321 e. The zero-order valence-corrected chi connectivity index (χ0v) is 7.94. The Labute approximate surface area is 76.7 Å². The van der Waals surface area contributed by atoms with Gasteiger partial charge in [0.2, 0.25) is 0 Å². The molecule has 0 bridgehead atoms. The Morgan fingerprint density at radius 1 is 1.46 bits per heavy atom. The number of rotatable bonds is 2. The monoisotopic (exact) mass is 191 g/mol. The summed E-state index contributed by atoms with van der Waals surface area (Å²) in [5.41, 5.74) is 0. The Hall–Kier alpha value is -0.670. The number of nitrogens with one attached hydrogen (secondary N) is 1. The first-order valence-corrected chi connectivity index (χ1v) is 4.58. The molecule has 1 fully saturated rings. The van der Waals surface area contributed by atoms with Gasteiger partial charge in [-0.25, -0.2) is 0 Å². The van der Waals surface area contributed by atoms with Crippen LogP contribution in [0.15, 0.2) is 0 Å². The van der Waals surface area contributed by atoms with Crippen molar-refractivity contribution in [1.82, 2.24) is 5.32 Å². The molecule has 0 radical (unpaired) electrons. The Morgan fingerprint density at radius 2 is 2.08 bits per heavy atom. The molecule has 0 aromatic rings. The zero-order valence-electron chi connectivity index (χ0n) is 7.94. The minimum Gasteiger partial charge on any atom is -0.348 e. The highest BCUT2D eigenvalue weighted by molar-refractivity contribution is 5.83. The molecule has 13 heavy (non-hydrogen) atoms. The molecule has 0 aromatic heterocycles. The van der Waals surface area contributed by atoms with E-state index in [2.05, 4.69) is 12.2 Å². The van der Waals surface area contributed by atoms with E-state index in [0.29, 0.717) is 12.8 Å². The van der Waals surface area contributed by atoms with Crippen molar-refractivity contribution in [1.29, 1.82) is 0 Å². The van der Waals surface area contributed by atoms with Gasteiger partial charge in [0.15, 0.2) is 0 Å².